The molecule has 0 unspecified atom stereocenters. The molecule has 190 valence electrons. The Labute approximate surface area is 205 Å². The van der Waals surface area contributed by atoms with Crippen LogP contribution in [0.25, 0.3) is 16.2 Å². The maximum absolute atomic E-state index is 13.8. The molecule has 4 heterocycles. The van der Waals surface area contributed by atoms with Crippen LogP contribution in [0.1, 0.15) is 45.0 Å². The average molecular weight is 529 g/mol. The van der Waals surface area contributed by atoms with Gasteiger partial charge in [0.05, 0.1) is 22.9 Å². The average Bonchev–Trinajstić information content (AvgIpc) is 3.18. The molecule has 2 aliphatic rings. The van der Waals surface area contributed by atoms with Crippen LogP contribution >= 0.6 is 11.3 Å². The Morgan fingerprint density at radius 2 is 2.03 bits per heavy atom. The SMILES string of the molecule is C[C@@H]1CN(c2cc(S(=O)(=O)NC3(C)CC3)cn3c(-c4nnc(C(F)F)s4)ccc23)[C@H](C)[C@H](CF)N1. The summed E-state index contributed by atoms with van der Waals surface area (Å²) in [6, 6.07) is 4.42. The van der Waals surface area contributed by atoms with Crippen LogP contribution in [0.4, 0.5) is 18.9 Å². The van der Waals surface area contributed by atoms with Gasteiger partial charge in [-0.15, -0.1) is 10.2 Å². The molecule has 1 saturated carbocycles. The standard InChI is InChI=1S/C22H27F3N6O2S2/c1-12-10-30(13(2)15(9-23)26-12)18-8-14(35(32,33)29-22(3)6-7-22)11-31-16(18)4-5-17(31)20-27-28-21(34-20)19(24)25/h4-5,8,11-13,15,19,26,29H,6-7,9-10H2,1-3H3/t12-,13-,15+/m1/s1. The van der Waals surface area contributed by atoms with Crippen LogP contribution in [0.3, 0.4) is 0 Å². The number of hydrogen-bond donors (Lipinski definition) is 2. The predicted molar refractivity (Wildman–Crippen MR) is 128 cm³/mol. The number of aromatic nitrogens is 3. The minimum Gasteiger partial charge on any atom is -0.364 e. The lowest BCUT2D eigenvalue weighted by Crippen LogP contribution is -2.61. The van der Waals surface area contributed by atoms with Crippen molar-refractivity contribution in [2.24, 2.45) is 0 Å². The van der Waals surface area contributed by atoms with Gasteiger partial charge < -0.3 is 14.6 Å². The van der Waals surface area contributed by atoms with Crippen molar-refractivity contribution in [1.82, 2.24) is 24.6 Å². The molecule has 5 rings (SSSR count). The third-order valence-corrected chi connectivity index (χ3v) is 9.33. The second kappa shape index (κ2) is 8.71. The maximum Gasteiger partial charge on any atom is 0.291 e. The fraction of sp³-hybridized carbons (Fsp3) is 0.545. The van der Waals surface area contributed by atoms with Gasteiger partial charge in [0.2, 0.25) is 10.0 Å². The summed E-state index contributed by atoms with van der Waals surface area (Å²) in [6.45, 7) is 5.67. The molecule has 35 heavy (non-hydrogen) atoms. The van der Waals surface area contributed by atoms with Crippen molar-refractivity contribution in [2.75, 3.05) is 18.1 Å². The molecule has 0 radical (unpaired) electrons. The van der Waals surface area contributed by atoms with Crippen molar-refractivity contribution in [1.29, 1.82) is 0 Å². The van der Waals surface area contributed by atoms with E-state index in [2.05, 4.69) is 20.2 Å². The number of hydrogen-bond acceptors (Lipinski definition) is 7. The predicted octanol–water partition coefficient (Wildman–Crippen LogP) is 3.75. The molecule has 2 N–H and O–H groups in total. The Morgan fingerprint density at radius 3 is 2.66 bits per heavy atom. The zero-order chi connectivity index (χ0) is 25.1. The topological polar surface area (TPSA) is 91.6 Å². The van der Waals surface area contributed by atoms with Gasteiger partial charge in [0, 0.05) is 30.4 Å². The molecule has 3 aromatic heterocycles. The van der Waals surface area contributed by atoms with E-state index in [9.17, 15) is 21.6 Å². The van der Waals surface area contributed by atoms with E-state index in [1.165, 1.54) is 6.20 Å². The fourth-order valence-corrected chi connectivity index (χ4v) is 6.75. The summed E-state index contributed by atoms with van der Waals surface area (Å²) < 4.78 is 71.2. The van der Waals surface area contributed by atoms with Gasteiger partial charge in [-0.25, -0.2) is 26.3 Å². The van der Waals surface area contributed by atoms with E-state index in [-0.39, 0.29) is 22.0 Å². The molecular formula is C22H27F3N6O2S2. The Hall–Kier alpha value is -2.22. The van der Waals surface area contributed by atoms with Crippen LogP contribution in [-0.2, 0) is 10.0 Å². The van der Waals surface area contributed by atoms with Crippen molar-refractivity contribution in [3.8, 4) is 10.7 Å². The maximum atomic E-state index is 13.8. The molecule has 3 aromatic rings. The van der Waals surface area contributed by atoms with Gasteiger partial charge in [0.1, 0.15) is 11.6 Å². The third kappa shape index (κ3) is 4.54. The lowest BCUT2D eigenvalue weighted by atomic mass is 10.0. The van der Waals surface area contributed by atoms with Crippen molar-refractivity contribution in [3.05, 3.63) is 29.4 Å². The number of pyridine rings is 1. The highest BCUT2D eigenvalue weighted by Crippen LogP contribution is 2.38. The smallest absolute Gasteiger partial charge is 0.291 e. The summed E-state index contributed by atoms with van der Waals surface area (Å²) in [5.74, 6) is 0. The van der Waals surface area contributed by atoms with Crippen molar-refractivity contribution in [2.45, 2.75) is 68.6 Å². The Bertz CT molecular complexity index is 1350. The van der Waals surface area contributed by atoms with Gasteiger partial charge in [-0.2, -0.15) is 0 Å². The van der Waals surface area contributed by atoms with Crippen molar-refractivity contribution in [3.63, 3.8) is 0 Å². The number of nitrogens with one attached hydrogen (secondary N) is 2. The van der Waals surface area contributed by atoms with E-state index in [1.807, 2.05) is 25.7 Å². The molecule has 0 bridgehead atoms. The quantitative estimate of drug-likeness (QED) is 0.486. The molecule has 0 aromatic carbocycles. The van der Waals surface area contributed by atoms with E-state index in [1.54, 1.807) is 22.6 Å². The number of anilines is 1. The number of piperazine rings is 1. The summed E-state index contributed by atoms with van der Waals surface area (Å²) in [6.07, 6.45) is 0.237. The lowest BCUT2D eigenvalue weighted by Gasteiger charge is -2.44. The second-order valence-corrected chi connectivity index (χ2v) is 12.4. The van der Waals surface area contributed by atoms with Crippen LogP contribution in [0, 0.1) is 0 Å². The first-order chi connectivity index (χ1) is 16.5. The van der Waals surface area contributed by atoms with Gasteiger partial charge in [-0.05, 0) is 51.8 Å². The van der Waals surface area contributed by atoms with Gasteiger partial charge in [0.15, 0.2) is 10.0 Å². The molecule has 1 saturated heterocycles. The molecule has 1 aliphatic heterocycles. The monoisotopic (exact) mass is 528 g/mol. The molecule has 3 atom stereocenters. The Balaban J connectivity index is 1.68. The van der Waals surface area contributed by atoms with Crippen LogP contribution in [-0.4, -0.2) is 59.9 Å². The third-order valence-electron chi connectivity index (χ3n) is 6.77. The second-order valence-electron chi connectivity index (χ2n) is 9.67. The Morgan fingerprint density at radius 1 is 1.29 bits per heavy atom. The van der Waals surface area contributed by atoms with Gasteiger partial charge in [-0.3, -0.25) is 0 Å². The van der Waals surface area contributed by atoms with E-state index in [0.29, 0.717) is 23.4 Å². The fourth-order valence-electron chi connectivity index (χ4n) is 4.55. The summed E-state index contributed by atoms with van der Waals surface area (Å²) in [5, 5.41) is 10.6. The first-order valence-electron chi connectivity index (χ1n) is 11.4. The summed E-state index contributed by atoms with van der Waals surface area (Å²) in [5.41, 5.74) is 1.27. The highest BCUT2D eigenvalue weighted by Gasteiger charge is 2.42. The molecule has 2 fully saturated rings. The zero-order valence-corrected chi connectivity index (χ0v) is 21.1. The largest absolute Gasteiger partial charge is 0.364 e. The normalized spacial score (nSPS) is 24.4. The van der Waals surface area contributed by atoms with E-state index < -0.39 is 39.7 Å². The van der Waals surface area contributed by atoms with Crippen LogP contribution in [0.2, 0.25) is 0 Å². The number of fused-ring (bicyclic) bond motifs is 1. The summed E-state index contributed by atoms with van der Waals surface area (Å²) in [4.78, 5) is 2.05. The molecule has 0 spiro atoms. The minimum atomic E-state index is -3.88. The van der Waals surface area contributed by atoms with Gasteiger partial charge in [-0.1, -0.05) is 11.3 Å². The molecule has 8 nitrogen and oxygen atoms in total. The van der Waals surface area contributed by atoms with Crippen LogP contribution in [0.5, 0.6) is 0 Å². The van der Waals surface area contributed by atoms with Crippen molar-refractivity contribution >= 4 is 32.6 Å². The number of nitrogens with zero attached hydrogens (tertiary/aromatic N) is 4. The lowest BCUT2D eigenvalue weighted by molar-refractivity contribution is 0.150. The van der Waals surface area contributed by atoms with Crippen LogP contribution in [0.15, 0.2) is 29.3 Å². The molecular weight excluding hydrogens is 501 g/mol. The first-order valence-corrected chi connectivity index (χ1v) is 13.7. The van der Waals surface area contributed by atoms with Gasteiger partial charge >= 0.3 is 0 Å². The number of alkyl halides is 3. The number of halogens is 3. The number of rotatable bonds is 7. The highest BCUT2D eigenvalue weighted by atomic mass is 32.2. The molecule has 1 aliphatic carbocycles. The molecule has 13 heteroatoms. The van der Waals surface area contributed by atoms with E-state index in [4.69, 9.17) is 0 Å². The highest BCUT2D eigenvalue weighted by molar-refractivity contribution is 7.89. The van der Waals surface area contributed by atoms with Crippen molar-refractivity contribution < 1.29 is 21.6 Å². The number of sulfonamides is 1. The summed E-state index contributed by atoms with van der Waals surface area (Å²) in [7, 11) is -3.88. The van der Waals surface area contributed by atoms with E-state index in [0.717, 1.165) is 24.2 Å². The van der Waals surface area contributed by atoms with E-state index >= 15 is 0 Å². The Kier molecular flexibility index (Phi) is 6.09. The zero-order valence-electron chi connectivity index (χ0n) is 19.5. The first kappa shape index (κ1) is 24.5. The molecule has 0 amide bonds. The van der Waals surface area contributed by atoms with Gasteiger partial charge in [0.25, 0.3) is 6.43 Å². The summed E-state index contributed by atoms with van der Waals surface area (Å²) >= 11 is 0.762. The van der Waals surface area contributed by atoms with Crippen LogP contribution < -0.4 is 14.9 Å². The minimum absolute atomic E-state index is 0.0260.